The van der Waals surface area contributed by atoms with Gasteiger partial charge >= 0.3 is 0 Å². The minimum absolute atomic E-state index is 0.0614. The van der Waals surface area contributed by atoms with Crippen molar-refractivity contribution in [3.63, 3.8) is 0 Å². The molecule has 0 amide bonds. The van der Waals surface area contributed by atoms with Crippen LogP contribution in [0, 0.1) is 0 Å². The van der Waals surface area contributed by atoms with Crippen molar-refractivity contribution in [3.05, 3.63) is 29.8 Å². The van der Waals surface area contributed by atoms with Gasteiger partial charge in [0, 0.05) is 12.6 Å². The average molecular weight is 272 g/mol. The number of hydrogen-bond donors (Lipinski definition) is 2. The fourth-order valence-electron chi connectivity index (χ4n) is 1.52. The predicted octanol–water partition coefficient (Wildman–Crippen LogP) is 1.48. The highest BCUT2D eigenvalue weighted by Gasteiger charge is 2.13. The Morgan fingerprint density at radius 2 is 2.06 bits per heavy atom. The summed E-state index contributed by atoms with van der Waals surface area (Å²) in [5.41, 5.74) is 7.10. The van der Waals surface area contributed by atoms with Gasteiger partial charge in [-0.15, -0.1) is 0 Å². The molecule has 0 saturated heterocycles. The average Bonchev–Trinajstić information content (AvgIpc) is 2.29. The maximum Gasteiger partial charge on any atom is 0.235 e. The third-order valence-electron chi connectivity index (χ3n) is 2.42. The van der Waals surface area contributed by atoms with Gasteiger partial charge in [-0.05, 0) is 25.5 Å². The zero-order chi connectivity index (χ0) is 13.6. The number of nitrogens with one attached hydrogen (secondary N) is 1. The Kier molecular flexibility index (Phi) is 5.58. The van der Waals surface area contributed by atoms with Gasteiger partial charge in [0.25, 0.3) is 0 Å². The van der Waals surface area contributed by atoms with Crippen molar-refractivity contribution in [2.75, 3.05) is 23.7 Å². The molecule has 0 spiro atoms. The first-order valence-corrected chi connectivity index (χ1v) is 7.54. The van der Waals surface area contributed by atoms with E-state index >= 15 is 0 Å². The quantitative estimate of drug-likeness (QED) is 0.737. The Labute approximate surface area is 108 Å². The number of sulfonamides is 1. The van der Waals surface area contributed by atoms with Crippen LogP contribution in [-0.4, -0.2) is 27.4 Å². The molecule has 1 aromatic rings. The lowest BCUT2D eigenvalue weighted by atomic mass is 10.1. The van der Waals surface area contributed by atoms with Gasteiger partial charge in [0.2, 0.25) is 10.0 Å². The van der Waals surface area contributed by atoms with Crippen LogP contribution in [-0.2, 0) is 14.8 Å². The second-order valence-corrected chi connectivity index (χ2v) is 5.84. The van der Waals surface area contributed by atoms with Crippen molar-refractivity contribution in [2.45, 2.75) is 19.9 Å². The molecule has 1 rings (SSSR count). The summed E-state index contributed by atoms with van der Waals surface area (Å²) in [6.07, 6.45) is 0. The maximum atomic E-state index is 11.8. The van der Waals surface area contributed by atoms with Gasteiger partial charge in [0.15, 0.2) is 0 Å². The highest BCUT2D eigenvalue weighted by Crippen LogP contribution is 2.21. The molecule has 102 valence electrons. The minimum atomic E-state index is -3.39. The maximum absolute atomic E-state index is 11.8. The standard InChI is InChI=1S/C12H20N2O3S/c1-3-17-8-9-18(15,16)14-12-7-5-4-6-11(12)10(2)13/h4-7,10,14H,3,8-9,13H2,1-2H3. The van der Waals surface area contributed by atoms with Gasteiger partial charge in [0.1, 0.15) is 0 Å². The van der Waals surface area contributed by atoms with E-state index < -0.39 is 10.0 Å². The number of ether oxygens (including phenoxy) is 1. The summed E-state index contributed by atoms with van der Waals surface area (Å²) in [5.74, 6) is -0.0614. The van der Waals surface area contributed by atoms with Crippen LogP contribution in [0.2, 0.25) is 0 Å². The molecule has 18 heavy (non-hydrogen) atoms. The molecular weight excluding hydrogens is 252 g/mol. The van der Waals surface area contributed by atoms with Gasteiger partial charge in [-0.3, -0.25) is 4.72 Å². The van der Waals surface area contributed by atoms with Gasteiger partial charge in [-0.1, -0.05) is 18.2 Å². The number of anilines is 1. The monoisotopic (exact) mass is 272 g/mol. The first-order valence-electron chi connectivity index (χ1n) is 5.89. The molecule has 0 aliphatic rings. The summed E-state index contributed by atoms with van der Waals surface area (Å²) < 4.78 is 31.2. The van der Waals surface area contributed by atoms with Crippen LogP contribution in [0.5, 0.6) is 0 Å². The molecule has 0 aliphatic heterocycles. The second kappa shape index (κ2) is 6.72. The van der Waals surface area contributed by atoms with Gasteiger partial charge in [0.05, 0.1) is 18.0 Å². The molecule has 0 heterocycles. The minimum Gasteiger partial charge on any atom is -0.381 e. The molecule has 0 bridgehead atoms. The normalized spacial score (nSPS) is 13.3. The molecular formula is C12H20N2O3S. The zero-order valence-corrected chi connectivity index (χ0v) is 11.5. The molecule has 0 radical (unpaired) electrons. The first kappa shape index (κ1) is 14.9. The molecule has 0 fully saturated rings. The van der Waals surface area contributed by atoms with E-state index in [9.17, 15) is 8.42 Å². The second-order valence-electron chi connectivity index (χ2n) is 3.99. The highest BCUT2D eigenvalue weighted by atomic mass is 32.2. The Hall–Kier alpha value is -1.11. The Morgan fingerprint density at radius 1 is 1.39 bits per heavy atom. The van der Waals surface area contributed by atoms with Crippen LogP contribution in [0.25, 0.3) is 0 Å². The van der Waals surface area contributed by atoms with Crippen molar-refractivity contribution in [1.82, 2.24) is 0 Å². The van der Waals surface area contributed by atoms with Crippen LogP contribution in [0.3, 0.4) is 0 Å². The number of hydrogen-bond acceptors (Lipinski definition) is 4. The SMILES string of the molecule is CCOCCS(=O)(=O)Nc1ccccc1C(C)N. The molecule has 5 nitrogen and oxygen atoms in total. The number of nitrogens with two attached hydrogens (primary N) is 1. The van der Waals surface area contributed by atoms with E-state index in [4.69, 9.17) is 10.5 Å². The molecule has 1 aromatic carbocycles. The van der Waals surface area contributed by atoms with Crippen LogP contribution in [0.15, 0.2) is 24.3 Å². The van der Waals surface area contributed by atoms with Crippen LogP contribution >= 0.6 is 0 Å². The fourth-order valence-corrected chi connectivity index (χ4v) is 2.48. The largest absolute Gasteiger partial charge is 0.381 e. The molecule has 0 aliphatic carbocycles. The number of benzene rings is 1. The van der Waals surface area contributed by atoms with Crippen LogP contribution < -0.4 is 10.5 Å². The van der Waals surface area contributed by atoms with Crippen LogP contribution in [0.1, 0.15) is 25.5 Å². The Morgan fingerprint density at radius 3 is 2.67 bits per heavy atom. The summed E-state index contributed by atoms with van der Waals surface area (Å²) in [4.78, 5) is 0. The number of para-hydroxylation sites is 1. The van der Waals surface area contributed by atoms with E-state index in [1.54, 1.807) is 12.1 Å². The lowest BCUT2D eigenvalue weighted by Gasteiger charge is -2.14. The predicted molar refractivity (Wildman–Crippen MR) is 72.9 cm³/mol. The van der Waals surface area contributed by atoms with Gasteiger partial charge in [-0.2, -0.15) is 0 Å². The van der Waals surface area contributed by atoms with E-state index in [-0.39, 0.29) is 18.4 Å². The zero-order valence-electron chi connectivity index (χ0n) is 10.7. The van der Waals surface area contributed by atoms with Crippen molar-refractivity contribution >= 4 is 15.7 Å². The van der Waals surface area contributed by atoms with Gasteiger partial charge in [-0.25, -0.2) is 8.42 Å². The first-order chi connectivity index (χ1) is 8.46. The Balaban J connectivity index is 2.78. The summed E-state index contributed by atoms with van der Waals surface area (Å²) in [6.45, 7) is 4.33. The smallest absolute Gasteiger partial charge is 0.235 e. The third kappa shape index (κ3) is 4.64. The molecule has 3 N–H and O–H groups in total. The highest BCUT2D eigenvalue weighted by molar-refractivity contribution is 7.92. The van der Waals surface area contributed by atoms with E-state index in [0.29, 0.717) is 12.3 Å². The third-order valence-corrected chi connectivity index (χ3v) is 3.65. The lowest BCUT2D eigenvalue weighted by Crippen LogP contribution is -2.21. The van der Waals surface area contributed by atoms with E-state index in [1.165, 1.54) is 0 Å². The summed E-state index contributed by atoms with van der Waals surface area (Å²) in [6, 6.07) is 6.89. The lowest BCUT2D eigenvalue weighted by molar-refractivity contribution is 0.163. The summed E-state index contributed by atoms with van der Waals surface area (Å²) >= 11 is 0. The molecule has 0 aromatic heterocycles. The van der Waals surface area contributed by atoms with E-state index in [0.717, 1.165) is 5.56 Å². The van der Waals surface area contributed by atoms with Gasteiger partial charge < -0.3 is 10.5 Å². The molecule has 6 heteroatoms. The van der Waals surface area contributed by atoms with Crippen molar-refractivity contribution in [2.24, 2.45) is 5.73 Å². The summed E-state index contributed by atoms with van der Waals surface area (Å²) in [5, 5.41) is 0. The topological polar surface area (TPSA) is 81.4 Å². The van der Waals surface area contributed by atoms with Crippen LogP contribution in [0.4, 0.5) is 5.69 Å². The number of rotatable bonds is 7. The fraction of sp³-hybridized carbons (Fsp3) is 0.500. The van der Waals surface area contributed by atoms with Crippen molar-refractivity contribution < 1.29 is 13.2 Å². The van der Waals surface area contributed by atoms with E-state index in [1.807, 2.05) is 26.0 Å². The Bertz CT molecular complexity index is 472. The molecule has 1 unspecified atom stereocenters. The van der Waals surface area contributed by atoms with Crippen molar-refractivity contribution in [3.8, 4) is 0 Å². The van der Waals surface area contributed by atoms with Crippen molar-refractivity contribution in [1.29, 1.82) is 0 Å². The molecule has 0 saturated carbocycles. The summed E-state index contributed by atoms with van der Waals surface area (Å²) in [7, 11) is -3.39. The van der Waals surface area contributed by atoms with E-state index in [2.05, 4.69) is 4.72 Å². The molecule has 1 atom stereocenters.